The highest BCUT2D eigenvalue weighted by Crippen LogP contribution is 2.28. The fourth-order valence-electron chi connectivity index (χ4n) is 1.96. The van der Waals surface area contributed by atoms with E-state index in [0.29, 0.717) is 26.9 Å². The fraction of sp³-hybridized carbons (Fsp3) is 0.133. The predicted octanol–water partition coefficient (Wildman–Crippen LogP) is 4.19. The lowest BCUT2D eigenvalue weighted by molar-refractivity contribution is -0.132. The number of carboxylic acids is 1. The molecule has 1 heterocycles. The Balaban J connectivity index is 2.47. The molecular weight excluding hydrogens is 361 g/mol. The highest BCUT2D eigenvalue weighted by molar-refractivity contribution is 6.36. The van der Waals surface area contributed by atoms with E-state index in [9.17, 15) is 4.79 Å². The second-order valence-electron chi connectivity index (χ2n) is 4.62. The molecule has 1 aromatic heterocycles. The van der Waals surface area contributed by atoms with Crippen LogP contribution in [0.5, 0.6) is 0 Å². The summed E-state index contributed by atoms with van der Waals surface area (Å²) in [5.74, 6) is -1.33. The second kappa shape index (κ2) is 7.05. The first-order chi connectivity index (χ1) is 10.8. The van der Waals surface area contributed by atoms with E-state index in [4.69, 9.17) is 45.2 Å². The summed E-state index contributed by atoms with van der Waals surface area (Å²) < 4.78 is 1.45. The van der Waals surface area contributed by atoms with Crippen LogP contribution in [0.25, 0.3) is 6.08 Å². The molecule has 0 atom stereocenters. The molecule has 0 fully saturated rings. The Hall–Kier alpha value is -2.00. The number of carbonyl (C=O) groups is 1. The average Bonchev–Trinajstić information content (AvgIpc) is 2.75. The van der Waals surface area contributed by atoms with Gasteiger partial charge in [0.2, 0.25) is 0 Å². The van der Waals surface area contributed by atoms with Crippen molar-refractivity contribution in [2.75, 3.05) is 0 Å². The predicted molar refractivity (Wildman–Crippen MR) is 88.8 cm³/mol. The Bertz CT molecular complexity index is 830. The van der Waals surface area contributed by atoms with Crippen molar-refractivity contribution in [3.8, 4) is 6.07 Å². The van der Waals surface area contributed by atoms with Gasteiger partial charge in [0.05, 0.1) is 12.2 Å². The minimum absolute atomic E-state index is 0.201. The van der Waals surface area contributed by atoms with E-state index in [1.807, 2.05) is 0 Å². The number of nitrogens with zero attached hydrogens (tertiary/aromatic N) is 3. The van der Waals surface area contributed by atoms with Crippen molar-refractivity contribution in [2.45, 2.75) is 13.5 Å². The Morgan fingerprint density at radius 3 is 2.52 bits per heavy atom. The molecule has 0 radical (unpaired) electrons. The van der Waals surface area contributed by atoms with E-state index >= 15 is 0 Å². The van der Waals surface area contributed by atoms with Crippen LogP contribution >= 0.6 is 34.8 Å². The van der Waals surface area contributed by atoms with Crippen molar-refractivity contribution in [3.05, 3.63) is 55.8 Å². The highest BCUT2D eigenvalue weighted by atomic mass is 35.5. The first-order valence-electron chi connectivity index (χ1n) is 6.36. The number of halogens is 3. The molecule has 1 N–H and O–H groups in total. The fourth-order valence-corrected chi connectivity index (χ4v) is 2.76. The van der Waals surface area contributed by atoms with Gasteiger partial charge in [0.25, 0.3) is 0 Å². The monoisotopic (exact) mass is 369 g/mol. The average molecular weight is 371 g/mol. The molecule has 0 amide bonds. The molecule has 0 bridgehead atoms. The van der Waals surface area contributed by atoms with Crippen LogP contribution in [0.4, 0.5) is 0 Å². The molecule has 2 rings (SSSR count). The molecule has 2 aromatic rings. The van der Waals surface area contributed by atoms with Gasteiger partial charge >= 0.3 is 5.97 Å². The maximum Gasteiger partial charge on any atom is 0.346 e. The van der Waals surface area contributed by atoms with E-state index in [1.54, 1.807) is 31.2 Å². The van der Waals surface area contributed by atoms with Crippen molar-refractivity contribution < 1.29 is 9.90 Å². The molecule has 5 nitrogen and oxygen atoms in total. The molecule has 0 aliphatic rings. The summed E-state index contributed by atoms with van der Waals surface area (Å²) in [6.45, 7) is 1.89. The van der Waals surface area contributed by atoms with Crippen LogP contribution in [0.1, 0.15) is 16.8 Å². The summed E-state index contributed by atoms with van der Waals surface area (Å²) in [4.78, 5) is 10.9. The van der Waals surface area contributed by atoms with Crippen LogP contribution in [0.15, 0.2) is 23.8 Å². The van der Waals surface area contributed by atoms with Crippen molar-refractivity contribution in [1.82, 2.24) is 9.78 Å². The number of aliphatic carboxylic acids is 1. The van der Waals surface area contributed by atoms with E-state index in [1.165, 1.54) is 10.8 Å². The molecule has 0 saturated heterocycles. The van der Waals surface area contributed by atoms with E-state index < -0.39 is 11.5 Å². The van der Waals surface area contributed by atoms with E-state index in [-0.39, 0.29) is 11.7 Å². The van der Waals surface area contributed by atoms with Gasteiger partial charge in [0.15, 0.2) is 0 Å². The number of rotatable bonds is 4. The van der Waals surface area contributed by atoms with E-state index in [0.717, 1.165) is 0 Å². The Kier molecular flexibility index (Phi) is 5.32. The number of hydrogen-bond donors (Lipinski definition) is 1. The first kappa shape index (κ1) is 17.4. The normalized spacial score (nSPS) is 11.3. The molecule has 8 heteroatoms. The number of aromatic nitrogens is 2. The van der Waals surface area contributed by atoms with Crippen molar-refractivity contribution in [1.29, 1.82) is 5.26 Å². The molecule has 0 aliphatic heterocycles. The van der Waals surface area contributed by atoms with Gasteiger partial charge in [0.1, 0.15) is 16.8 Å². The lowest BCUT2D eigenvalue weighted by atomic mass is 10.1. The summed E-state index contributed by atoms with van der Waals surface area (Å²) in [7, 11) is 0. The number of hydrogen-bond acceptors (Lipinski definition) is 3. The molecule has 118 valence electrons. The smallest absolute Gasteiger partial charge is 0.346 e. The number of nitriles is 1. The van der Waals surface area contributed by atoms with Crippen LogP contribution in [0.3, 0.4) is 0 Å². The van der Waals surface area contributed by atoms with E-state index in [2.05, 4.69) is 5.10 Å². The third-order valence-corrected chi connectivity index (χ3v) is 4.23. The highest BCUT2D eigenvalue weighted by Gasteiger charge is 2.16. The van der Waals surface area contributed by atoms with Crippen LogP contribution in [-0.2, 0) is 11.3 Å². The Morgan fingerprint density at radius 2 is 2.00 bits per heavy atom. The molecule has 23 heavy (non-hydrogen) atoms. The maximum absolute atomic E-state index is 10.9. The van der Waals surface area contributed by atoms with Crippen molar-refractivity contribution in [2.24, 2.45) is 0 Å². The lowest BCUT2D eigenvalue weighted by Gasteiger charge is -2.08. The zero-order valence-electron chi connectivity index (χ0n) is 11.8. The van der Waals surface area contributed by atoms with Gasteiger partial charge in [-0.1, -0.05) is 40.9 Å². The lowest BCUT2D eigenvalue weighted by Crippen LogP contribution is -2.03. The second-order valence-corrected chi connectivity index (χ2v) is 5.80. The number of benzene rings is 1. The quantitative estimate of drug-likeness (QED) is 0.646. The molecule has 1 aromatic carbocycles. The number of carboxylic acid groups (broad SMARTS) is 1. The van der Waals surface area contributed by atoms with Crippen LogP contribution < -0.4 is 0 Å². The Morgan fingerprint density at radius 1 is 1.39 bits per heavy atom. The van der Waals surface area contributed by atoms with Gasteiger partial charge in [-0.15, -0.1) is 0 Å². The SMILES string of the molecule is Cc1nn(Cc2c(Cl)cccc2Cl)c(Cl)c1/C=C(/C#N)C(=O)O. The minimum Gasteiger partial charge on any atom is -0.477 e. The van der Waals surface area contributed by atoms with Gasteiger partial charge in [-0.05, 0) is 25.1 Å². The summed E-state index contributed by atoms with van der Waals surface area (Å²) >= 11 is 18.5. The van der Waals surface area contributed by atoms with Crippen molar-refractivity contribution in [3.63, 3.8) is 0 Å². The standard InChI is InChI=1S/C15H10Cl3N3O2/c1-8-10(5-9(6-19)15(22)23)14(18)21(20-8)7-11-12(16)3-2-4-13(11)17/h2-5H,7H2,1H3,(H,22,23)/b9-5-. The largest absolute Gasteiger partial charge is 0.477 e. The summed E-state index contributed by atoms with van der Waals surface area (Å²) in [6, 6.07) is 6.73. The first-order valence-corrected chi connectivity index (χ1v) is 7.49. The van der Waals surface area contributed by atoms with Gasteiger partial charge < -0.3 is 5.11 Å². The molecule has 0 saturated carbocycles. The van der Waals surface area contributed by atoms with Crippen LogP contribution in [0, 0.1) is 18.3 Å². The van der Waals surface area contributed by atoms with Gasteiger partial charge in [0, 0.05) is 21.2 Å². The minimum atomic E-state index is -1.33. The van der Waals surface area contributed by atoms with Crippen LogP contribution in [0.2, 0.25) is 15.2 Å². The van der Waals surface area contributed by atoms with Crippen molar-refractivity contribution >= 4 is 46.8 Å². The maximum atomic E-state index is 10.9. The van der Waals surface area contributed by atoms with Gasteiger partial charge in [-0.3, -0.25) is 0 Å². The van der Waals surface area contributed by atoms with Gasteiger partial charge in [-0.25, -0.2) is 9.48 Å². The molecular formula is C15H10Cl3N3O2. The third kappa shape index (κ3) is 3.67. The summed E-state index contributed by atoms with van der Waals surface area (Å²) in [5.41, 5.74) is 1.08. The zero-order chi connectivity index (χ0) is 17.1. The third-order valence-electron chi connectivity index (χ3n) is 3.12. The zero-order valence-corrected chi connectivity index (χ0v) is 14.1. The Labute approximate surface area is 147 Å². The topological polar surface area (TPSA) is 78.9 Å². The number of aryl methyl sites for hydroxylation is 1. The summed E-state index contributed by atoms with van der Waals surface area (Å²) in [5, 5.41) is 23.2. The van der Waals surface area contributed by atoms with Gasteiger partial charge in [-0.2, -0.15) is 10.4 Å². The molecule has 0 spiro atoms. The molecule has 0 unspecified atom stereocenters. The van der Waals surface area contributed by atoms with Crippen LogP contribution in [-0.4, -0.2) is 20.9 Å². The molecule has 0 aliphatic carbocycles. The summed E-state index contributed by atoms with van der Waals surface area (Å²) in [6.07, 6.45) is 1.19.